The highest BCUT2D eigenvalue weighted by molar-refractivity contribution is 6.45. The van der Waals surface area contributed by atoms with Crippen LogP contribution >= 0.6 is 0 Å². The molecule has 1 saturated heterocycles. The molecule has 0 saturated carbocycles. The fourth-order valence-electron chi connectivity index (χ4n) is 1.80. The third-order valence-electron chi connectivity index (χ3n) is 2.71. The summed E-state index contributed by atoms with van der Waals surface area (Å²) in [4.78, 5) is 2.08. The van der Waals surface area contributed by atoms with Crippen molar-refractivity contribution in [2.24, 2.45) is 5.92 Å². The van der Waals surface area contributed by atoms with Crippen molar-refractivity contribution in [3.63, 3.8) is 0 Å². The van der Waals surface area contributed by atoms with Gasteiger partial charge in [0.1, 0.15) is 0 Å². The van der Waals surface area contributed by atoms with Crippen molar-refractivity contribution in [1.29, 1.82) is 0 Å². The number of piperidine rings is 1. The maximum absolute atomic E-state index is 9.27. The highest BCUT2D eigenvalue weighted by Crippen LogP contribution is 2.19. The third-order valence-corrected chi connectivity index (χ3v) is 2.71. The maximum atomic E-state index is 9.27. The SMILES string of the molecule is CB(O)N1CCC(CCO)CC1. The molecule has 0 amide bonds. The summed E-state index contributed by atoms with van der Waals surface area (Å²) < 4.78 is 0. The van der Waals surface area contributed by atoms with Crippen LogP contribution in [0.3, 0.4) is 0 Å². The summed E-state index contributed by atoms with van der Waals surface area (Å²) in [5, 5.41) is 18.0. The number of rotatable bonds is 3. The molecule has 0 radical (unpaired) electrons. The molecule has 0 aromatic rings. The highest BCUT2D eigenvalue weighted by Gasteiger charge is 2.23. The Morgan fingerprint density at radius 1 is 1.42 bits per heavy atom. The Hall–Kier alpha value is -0.0551. The number of aliphatic hydroxyl groups is 1. The van der Waals surface area contributed by atoms with Gasteiger partial charge in [-0.2, -0.15) is 0 Å². The van der Waals surface area contributed by atoms with Gasteiger partial charge in [0.15, 0.2) is 0 Å². The van der Waals surface area contributed by atoms with Gasteiger partial charge in [-0.3, -0.25) is 0 Å². The third kappa shape index (κ3) is 2.77. The molecule has 0 atom stereocenters. The quantitative estimate of drug-likeness (QED) is 0.595. The molecule has 0 spiro atoms. The lowest BCUT2D eigenvalue weighted by Crippen LogP contribution is -2.43. The minimum absolute atomic E-state index is 0.305. The second-order valence-corrected chi connectivity index (χ2v) is 3.62. The molecule has 1 aliphatic heterocycles. The summed E-state index contributed by atoms with van der Waals surface area (Å²) >= 11 is 0. The van der Waals surface area contributed by atoms with E-state index in [-0.39, 0.29) is 7.05 Å². The minimum atomic E-state index is -0.305. The van der Waals surface area contributed by atoms with E-state index in [2.05, 4.69) is 4.81 Å². The van der Waals surface area contributed by atoms with Crippen LogP contribution in [0.25, 0.3) is 0 Å². The van der Waals surface area contributed by atoms with Gasteiger partial charge in [0.05, 0.1) is 0 Å². The van der Waals surface area contributed by atoms with E-state index in [9.17, 15) is 5.02 Å². The van der Waals surface area contributed by atoms with Crippen LogP contribution in [0.2, 0.25) is 6.82 Å². The van der Waals surface area contributed by atoms with Crippen LogP contribution in [-0.4, -0.2) is 41.7 Å². The van der Waals surface area contributed by atoms with Crippen molar-refractivity contribution in [3.8, 4) is 0 Å². The van der Waals surface area contributed by atoms with Crippen LogP contribution in [0.5, 0.6) is 0 Å². The van der Waals surface area contributed by atoms with Crippen molar-refractivity contribution in [1.82, 2.24) is 4.81 Å². The lowest BCUT2D eigenvalue weighted by atomic mass is 9.80. The molecule has 70 valence electrons. The van der Waals surface area contributed by atoms with Gasteiger partial charge >= 0.3 is 7.05 Å². The molecule has 0 aromatic heterocycles. The topological polar surface area (TPSA) is 43.7 Å². The van der Waals surface area contributed by atoms with E-state index in [0.717, 1.165) is 32.4 Å². The molecule has 3 nitrogen and oxygen atoms in total. The fourth-order valence-corrected chi connectivity index (χ4v) is 1.80. The summed E-state index contributed by atoms with van der Waals surface area (Å²) in [7, 11) is -0.305. The van der Waals surface area contributed by atoms with Gasteiger partial charge in [0, 0.05) is 6.61 Å². The predicted octanol–water partition coefficient (Wildman–Crippen LogP) is 0.191. The summed E-state index contributed by atoms with van der Waals surface area (Å²) in [6.45, 7) is 4.07. The maximum Gasteiger partial charge on any atom is 0.376 e. The Bertz CT molecular complexity index is 124. The average molecular weight is 171 g/mol. The van der Waals surface area contributed by atoms with E-state index in [1.807, 2.05) is 6.82 Å². The number of hydrogen-bond acceptors (Lipinski definition) is 3. The van der Waals surface area contributed by atoms with Crippen molar-refractivity contribution in [3.05, 3.63) is 0 Å². The van der Waals surface area contributed by atoms with Gasteiger partial charge in [-0.05, 0) is 45.1 Å². The molecule has 2 N–H and O–H groups in total. The Labute approximate surface area is 74.5 Å². The fraction of sp³-hybridized carbons (Fsp3) is 1.00. The summed E-state index contributed by atoms with van der Waals surface area (Å²) in [6, 6.07) is 0. The normalized spacial score (nSPS) is 21.2. The molecular formula is C8H18BNO2. The first kappa shape index (κ1) is 10.0. The first-order valence-corrected chi connectivity index (χ1v) is 4.77. The molecular weight excluding hydrogens is 153 g/mol. The Kier molecular flexibility index (Phi) is 4.05. The van der Waals surface area contributed by atoms with E-state index < -0.39 is 0 Å². The van der Waals surface area contributed by atoms with Crippen LogP contribution in [-0.2, 0) is 0 Å². The second-order valence-electron chi connectivity index (χ2n) is 3.62. The van der Waals surface area contributed by atoms with Gasteiger partial charge in [0.25, 0.3) is 0 Å². The average Bonchev–Trinajstić information content (AvgIpc) is 2.06. The minimum Gasteiger partial charge on any atom is -0.437 e. The van der Waals surface area contributed by atoms with Crippen LogP contribution in [0.1, 0.15) is 19.3 Å². The zero-order valence-corrected chi connectivity index (χ0v) is 7.74. The van der Waals surface area contributed by atoms with Gasteiger partial charge in [-0.15, -0.1) is 0 Å². The van der Waals surface area contributed by atoms with Crippen molar-refractivity contribution < 1.29 is 10.1 Å². The predicted molar refractivity (Wildman–Crippen MR) is 49.8 cm³/mol. The van der Waals surface area contributed by atoms with Crippen molar-refractivity contribution >= 4 is 7.05 Å². The zero-order chi connectivity index (χ0) is 8.97. The molecule has 1 heterocycles. The van der Waals surface area contributed by atoms with Gasteiger partial charge in [0.2, 0.25) is 0 Å². The summed E-state index contributed by atoms with van der Waals surface area (Å²) in [5.74, 6) is 0.671. The number of hydrogen-bond donors (Lipinski definition) is 2. The van der Waals surface area contributed by atoms with Crippen LogP contribution in [0.15, 0.2) is 0 Å². The van der Waals surface area contributed by atoms with E-state index in [4.69, 9.17) is 5.11 Å². The van der Waals surface area contributed by atoms with Crippen LogP contribution in [0.4, 0.5) is 0 Å². The summed E-state index contributed by atoms with van der Waals surface area (Å²) in [6.07, 6.45) is 3.16. The van der Waals surface area contributed by atoms with Crippen LogP contribution < -0.4 is 0 Å². The van der Waals surface area contributed by atoms with E-state index in [1.54, 1.807) is 0 Å². The molecule has 1 fully saturated rings. The summed E-state index contributed by atoms with van der Waals surface area (Å²) in [5.41, 5.74) is 0. The standard InChI is InChI=1S/C8H18BNO2/c1-9(12)10-5-2-8(3-6-10)4-7-11/h8,11-12H,2-7H2,1H3. The molecule has 4 heteroatoms. The van der Waals surface area contributed by atoms with Gasteiger partial charge < -0.3 is 14.9 Å². The molecule has 0 aromatic carbocycles. The Morgan fingerprint density at radius 3 is 2.42 bits per heavy atom. The Morgan fingerprint density at radius 2 is 2.00 bits per heavy atom. The van der Waals surface area contributed by atoms with E-state index in [1.165, 1.54) is 0 Å². The van der Waals surface area contributed by atoms with Crippen LogP contribution in [0, 0.1) is 5.92 Å². The number of nitrogens with zero attached hydrogens (tertiary/aromatic N) is 1. The Balaban J connectivity index is 2.20. The first-order valence-electron chi connectivity index (χ1n) is 4.77. The number of aliphatic hydroxyl groups excluding tert-OH is 1. The van der Waals surface area contributed by atoms with Crippen molar-refractivity contribution in [2.45, 2.75) is 26.1 Å². The molecule has 1 aliphatic rings. The van der Waals surface area contributed by atoms with Gasteiger partial charge in [-0.25, -0.2) is 0 Å². The molecule has 0 bridgehead atoms. The molecule has 0 aliphatic carbocycles. The second kappa shape index (κ2) is 4.85. The molecule has 1 rings (SSSR count). The van der Waals surface area contributed by atoms with E-state index in [0.29, 0.717) is 12.5 Å². The smallest absolute Gasteiger partial charge is 0.376 e. The lowest BCUT2D eigenvalue weighted by molar-refractivity contribution is 0.199. The highest BCUT2D eigenvalue weighted by atomic mass is 16.3. The largest absolute Gasteiger partial charge is 0.437 e. The first-order chi connectivity index (χ1) is 5.74. The van der Waals surface area contributed by atoms with Crippen molar-refractivity contribution in [2.75, 3.05) is 19.7 Å². The molecule has 0 unspecified atom stereocenters. The zero-order valence-electron chi connectivity index (χ0n) is 7.74. The monoisotopic (exact) mass is 171 g/mol. The lowest BCUT2D eigenvalue weighted by Gasteiger charge is -2.32. The van der Waals surface area contributed by atoms with Gasteiger partial charge in [-0.1, -0.05) is 0 Å². The van der Waals surface area contributed by atoms with E-state index >= 15 is 0 Å². The molecule has 12 heavy (non-hydrogen) atoms.